The van der Waals surface area contributed by atoms with Gasteiger partial charge in [0.25, 0.3) is 0 Å². The molecular weight excluding hydrogens is 404 g/mol. The first-order valence-electron chi connectivity index (χ1n) is 10.3. The molecule has 0 aromatic carbocycles. The second-order valence-electron chi connectivity index (χ2n) is 8.37. The predicted molar refractivity (Wildman–Crippen MR) is 114 cm³/mol. The SMILES string of the molecule is CC(C)CC(NC(=O)C(N)C(C)C)C(=O)NC(Cc1cnc[nH]1)C(=O)NC(C)C(=O)O. The number of carboxylic acids is 1. The van der Waals surface area contributed by atoms with Crippen LogP contribution in [0.15, 0.2) is 12.5 Å². The Morgan fingerprint density at radius 3 is 2.06 bits per heavy atom. The Hall–Kier alpha value is -2.95. The Labute approximate surface area is 181 Å². The van der Waals surface area contributed by atoms with Crippen molar-refractivity contribution >= 4 is 23.7 Å². The fourth-order valence-electron chi connectivity index (χ4n) is 2.75. The summed E-state index contributed by atoms with van der Waals surface area (Å²) in [5, 5.41) is 16.7. The maximum absolute atomic E-state index is 13.0. The number of nitrogens with zero attached hydrogens (tertiary/aromatic N) is 1. The van der Waals surface area contributed by atoms with Crippen molar-refractivity contribution in [2.24, 2.45) is 17.6 Å². The van der Waals surface area contributed by atoms with E-state index < -0.39 is 47.9 Å². The molecular formula is C20H34N6O5. The summed E-state index contributed by atoms with van der Waals surface area (Å²) < 4.78 is 0. The Bertz CT molecular complexity index is 749. The highest BCUT2D eigenvalue weighted by Crippen LogP contribution is 2.08. The molecule has 0 aliphatic carbocycles. The molecule has 1 heterocycles. The average Bonchev–Trinajstić information content (AvgIpc) is 3.18. The van der Waals surface area contributed by atoms with Crippen molar-refractivity contribution in [1.29, 1.82) is 0 Å². The normalized spacial score (nSPS) is 15.1. The number of carboxylic acid groups (broad SMARTS) is 1. The van der Waals surface area contributed by atoms with E-state index in [1.54, 1.807) is 13.8 Å². The highest BCUT2D eigenvalue weighted by atomic mass is 16.4. The third kappa shape index (κ3) is 8.75. The van der Waals surface area contributed by atoms with Gasteiger partial charge < -0.3 is 31.8 Å². The minimum absolute atomic E-state index is 0.0672. The molecule has 0 saturated heterocycles. The number of hydrogen-bond donors (Lipinski definition) is 6. The summed E-state index contributed by atoms with van der Waals surface area (Å²) in [6.07, 6.45) is 3.34. The van der Waals surface area contributed by atoms with E-state index in [1.807, 2.05) is 13.8 Å². The van der Waals surface area contributed by atoms with Crippen LogP contribution in [0, 0.1) is 11.8 Å². The fourth-order valence-corrected chi connectivity index (χ4v) is 2.75. The summed E-state index contributed by atoms with van der Waals surface area (Å²) >= 11 is 0. The van der Waals surface area contributed by atoms with Gasteiger partial charge in [0, 0.05) is 18.3 Å². The van der Waals surface area contributed by atoms with Gasteiger partial charge in [0.2, 0.25) is 17.7 Å². The number of carbonyl (C=O) groups excluding carboxylic acids is 3. The lowest BCUT2D eigenvalue weighted by Gasteiger charge is -2.26. The molecule has 0 radical (unpaired) electrons. The van der Waals surface area contributed by atoms with Crippen LogP contribution in [0.3, 0.4) is 0 Å². The molecule has 1 aromatic heterocycles. The van der Waals surface area contributed by atoms with Gasteiger partial charge in [0.05, 0.1) is 12.4 Å². The zero-order chi connectivity index (χ0) is 23.7. The Morgan fingerprint density at radius 1 is 1.00 bits per heavy atom. The zero-order valence-corrected chi connectivity index (χ0v) is 18.6. The van der Waals surface area contributed by atoms with Crippen molar-refractivity contribution < 1.29 is 24.3 Å². The lowest BCUT2D eigenvalue weighted by Crippen LogP contribution is -2.58. The molecule has 0 aliphatic heterocycles. The molecule has 4 atom stereocenters. The number of nitrogens with one attached hydrogen (secondary N) is 4. The predicted octanol–water partition coefficient (Wildman–Crippen LogP) is -0.459. The lowest BCUT2D eigenvalue weighted by molar-refractivity contribution is -0.141. The summed E-state index contributed by atoms with van der Waals surface area (Å²) in [5.74, 6) is -2.90. The van der Waals surface area contributed by atoms with Crippen LogP contribution in [-0.4, -0.2) is 62.9 Å². The van der Waals surface area contributed by atoms with Crippen molar-refractivity contribution in [3.8, 4) is 0 Å². The number of hydrogen-bond acceptors (Lipinski definition) is 6. The maximum Gasteiger partial charge on any atom is 0.325 e. The van der Waals surface area contributed by atoms with Gasteiger partial charge in [-0.1, -0.05) is 27.7 Å². The van der Waals surface area contributed by atoms with Gasteiger partial charge in [-0.3, -0.25) is 19.2 Å². The van der Waals surface area contributed by atoms with E-state index >= 15 is 0 Å². The van der Waals surface area contributed by atoms with Gasteiger partial charge in [-0.25, -0.2) is 4.98 Å². The van der Waals surface area contributed by atoms with E-state index in [0.29, 0.717) is 12.1 Å². The molecule has 7 N–H and O–H groups in total. The third-order valence-corrected chi connectivity index (χ3v) is 4.70. The van der Waals surface area contributed by atoms with Crippen molar-refractivity contribution in [2.75, 3.05) is 0 Å². The van der Waals surface area contributed by atoms with Crippen LogP contribution < -0.4 is 21.7 Å². The monoisotopic (exact) mass is 438 g/mol. The second-order valence-corrected chi connectivity index (χ2v) is 8.37. The van der Waals surface area contributed by atoms with Gasteiger partial charge in [-0.05, 0) is 25.2 Å². The van der Waals surface area contributed by atoms with E-state index in [0.717, 1.165) is 0 Å². The molecule has 174 valence electrons. The molecule has 11 heteroatoms. The minimum Gasteiger partial charge on any atom is -0.480 e. The largest absolute Gasteiger partial charge is 0.480 e. The first-order chi connectivity index (χ1) is 14.4. The van der Waals surface area contributed by atoms with E-state index in [4.69, 9.17) is 10.8 Å². The van der Waals surface area contributed by atoms with E-state index in [1.165, 1.54) is 19.4 Å². The molecule has 3 amide bonds. The smallest absolute Gasteiger partial charge is 0.325 e. The highest BCUT2D eigenvalue weighted by molar-refractivity contribution is 5.94. The number of aromatic nitrogens is 2. The topological polar surface area (TPSA) is 179 Å². The molecule has 1 aromatic rings. The summed E-state index contributed by atoms with van der Waals surface area (Å²) in [6.45, 7) is 8.73. The molecule has 1 rings (SSSR count). The number of carbonyl (C=O) groups is 4. The number of aromatic amines is 1. The van der Waals surface area contributed by atoms with Gasteiger partial charge in [-0.2, -0.15) is 0 Å². The van der Waals surface area contributed by atoms with E-state index in [9.17, 15) is 19.2 Å². The maximum atomic E-state index is 13.0. The van der Waals surface area contributed by atoms with Crippen LogP contribution in [-0.2, 0) is 25.6 Å². The van der Waals surface area contributed by atoms with Gasteiger partial charge >= 0.3 is 5.97 Å². The van der Waals surface area contributed by atoms with Crippen LogP contribution in [0.2, 0.25) is 0 Å². The summed E-state index contributed by atoms with van der Waals surface area (Å²) in [7, 11) is 0. The van der Waals surface area contributed by atoms with Crippen molar-refractivity contribution in [3.05, 3.63) is 18.2 Å². The number of nitrogens with two attached hydrogens (primary N) is 1. The lowest BCUT2D eigenvalue weighted by atomic mass is 10.00. The van der Waals surface area contributed by atoms with Gasteiger partial charge in [0.1, 0.15) is 18.1 Å². The third-order valence-electron chi connectivity index (χ3n) is 4.70. The van der Waals surface area contributed by atoms with E-state index in [2.05, 4.69) is 25.9 Å². The standard InChI is InChI=1S/C20H34N6O5/c1-10(2)6-14(26-19(29)16(21)11(3)4)18(28)25-15(7-13-8-22-9-23-13)17(27)24-12(5)20(30)31/h8-12,14-16H,6-7,21H2,1-5H3,(H,22,23)(H,24,27)(H,25,28)(H,26,29)(H,30,31). The quantitative estimate of drug-likeness (QED) is 0.255. The molecule has 0 bridgehead atoms. The number of amides is 3. The number of rotatable bonds is 12. The van der Waals surface area contributed by atoms with Crippen molar-refractivity contribution in [1.82, 2.24) is 25.9 Å². The molecule has 0 fully saturated rings. The second kappa shape index (κ2) is 12.0. The van der Waals surface area contributed by atoms with Crippen LogP contribution >= 0.6 is 0 Å². The highest BCUT2D eigenvalue weighted by Gasteiger charge is 2.30. The Kier molecular flexibility index (Phi) is 10.1. The number of aliphatic carboxylic acids is 1. The van der Waals surface area contributed by atoms with Crippen molar-refractivity contribution in [2.45, 2.75) is 71.6 Å². The molecule has 0 spiro atoms. The molecule has 0 saturated carbocycles. The van der Waals surface area contributed by atoms with Crippen LogP contribution in [0.1, 0.15) is 46.7 Å². The zero-order valence-electron chi connectivity index (χ0n) is 18.6. The number of H-pyrrole nitrogens is 1. The molecule has 31 heavy (non-hydrogen) atoms. The van der Waals surface area contributed by atoms with Gasteiger partial charge in [-0.15, -0.1) is 0 Å². The first kappa shape index (κ1) is 26.1. The van der Waals surface area contributed by atoms with Crippen LogP contribution in [0.25, 0.3) is 0 Å². The fraction of sp³-hybridized carbons (Fsp3) is 0.650. The Balaban J connectivity index is 3.00. The summed E-state index contributed by atoms with van der Waals surface area (Å²) in [4.78, 5) is 55.9. The minimum atomic E-state index is -1.20. The molecule has 0 aliphatic rings. The number of imidazole rings is 1. The van der Waals surface area contributed by atoms with Crippen LogP contribution in [0.4, 0.5) is 0 Å². The van der Waals surface area contributed by atoms with Crippen molar-refractivity contribution in [3.63, 3.8) is 0 Å². The van der Waals surface area contributed by atoms with E-state index in [-0.39, 0.29) is 18.3 Å². The molecule has 4 unspecified atom stereocenters. The average molecular weight is 439 g/mol. The molecule has 11 nitrogen and oxygen atoms in total. The Morgan fingerprint density at radius 2 is 1.58 bits per heavy atom. The summed E-state index contributed by atoms with van der Waals surface area (Å²) in [5.41, 5.74) is 6.47. The summed E-state index contributed by atoms with van der Waals surface area (Å²) in [6, 6.07) is -3.88. The van der Waals surface area contributed by atoms with Gasteiger partial charge in [0.15, 0.2) is 0 Å². The first-order valence-corrected chi connectivity index (χ1v) is 10.3. The van der Waals surface area contributed by atoms with Crippen LogP contribution in [0.5, 0.6) is 0 Å².